The molecular formula is C23H20F2N2O3S. The third-order valence-corrected chi connectivity index (χ3v) is 6.40. The molecular weight excluding hydrogens is 422 g/mol. The Balaban J connectivity index is 1.99. The van der Waals surface area contributed by atoms with Crippen LogP contribution in [0.5, 0.6) is 5.75 Å². The van der Waals surface area contributed by atoms with Gasteiger partial charge in [0.2, 0.25) is 10.0 Å². The molecule has 0 N–H and O–H groups in total. The molecule has 0 aliphatic carbocycles. The number of sulfonamides is 1. The highest BCUT2D eigenvalue weighted by molar-refractivity contribution is 7.89. The summed E-state index contributed by atoms with van der Waals surface area (Å²) in [4.78, 5) is 0.00130. The average Bonchev–Trinajstić information content (AvgIpc) is 2.75. The first kappa shape index (κ1) is 22.4. The number of hydrogen-bond donors (Lipinski definition) is 0. The lowest BCUT2D eigenvalue weighted by atomic mass is 10.1. The van der Waals surface area contributed by atoms with Crippen LogP contribution in [-0.4, -0.2) is 19.3 Å². The highest BCUT2D eigenvalue weighted by Crippen LogP contribution is 2.24. The van der Waals surface area contributed by atoms with Crippen LogP contribution in [0, 0.1) is 23.0 Å². The zero-order chi connectivity index (χ0) is 22.4. The van der Waals surface area contributed by atoms with Crippen molar-refractivity contribution < 1.29 is 21.9 Å². The molecule has 0 saturated carbocycles. The molecule has 31 heavy (non-hydrogen) atoms. The van der Waals surface area contributed by atoms with E-state index in [9.17, 15) is 17.2 Å². The first-order valence-corrected chi connectivity index (χ1v) is 10.9. The Morgan fingerprint density at radius 2 is 1.68 bits per heavy atom. The Labute approximate surface area is 180 Å². The van der Waals surface area contributed by atoms with E-state index >= 15 is 0 Å². The monoisotopic (exact) mass is 442 g/mol. The number of halogens is 2. The second-order valence-corrected chi connectivity index (χ2v) is 8.63. The van der Waals surface area contributed by atoms with E-state index in [1.54, 1.807) is 24.3 Å². The summed E-state index contributed by atoms with van der Waals surface area (Å²) in [5.41, 5.74) is 0.382. The van der Waals surface area contributed by atoms with E-state index in [1.165, 1.54) is 42.5 Å². The molecule has 0 spiro atoms. The average molecular weight is 442 g/mol. The molecule has 3 rings (SSSR count). The summed E-state index contributed by atoms with van der Waals surface area (Å²) in [7, 11) is -4.05. The minimum Gasteiger partial charge on any atom is -0.494 e. The second kappa shape index (κ2) is 9.69. The van der Waals surface area contributed by atoms with Crippen molar-refractivity contribution in [2.45, 2.75) is 24.9 Å². The molecule has 0 saturated heterocycles. The maximum atomic E-state index is 14.2. The largest absolute Gasteiger partial charge is 0.494 e. The van der Waals surface area contributed by atoms with Crippen LogP contribution in [0.4, 0.5) is 8.78 Å². The second-order valence-electron chi connectivity index (χ2n) is 6.69. The number of nitriles is 1. The minimum absolute atomic E-state index is 0.00130. The molecule has 0 aliphatic rings. The molecule has 0 unspecified atom stereocenters. The Bertz CT molecular complexity index is 1210. The lowest BCUT2D eigenvalue weighted by Gasteiger charge is -2.23. The van der Waals surface area contributed by atoms with Gasteiger partial charge in [-0.05, 0) is 55.0 Å². The van der Waals surface area contributed by atoms with Gasteiger partial charge in [0.05, 0.1) is 17.1 Å². The fourth-order valence-electron chi connectivity index (χ4n) is 3.02. The van der Waals surface area contributed by atoms with Crippen LogP contribution in [0.25, 0.3) is 0 Å². The summed E-state index contributed by atoms with van der Waals surface area (Å²) < 4.78 is 61.4. The first-order chi connectivity index (χ1) is 14.8. The smallest absolute Gasteiger partial charge is 0.243 e. The van der Waals surface area contributed by atoms with Gasteiger partial charge in [0.1, 0.15) is 23.5 Å². The number of rotatable bonds is 8. The predicted octanol–water partition coefficient (Wildman–Crippen LogP) is 4.63. The Kier molecular flexibility index (Phi) is 7.00. The van der Waals surface area contributed by atoms with E-state index in [2.05, 4.69) is 0 Å². The summed E-state index contributed by atoms with van der Waals surface area (Å²) in [5, 5.41) is 8.91. The lowest BCUT2D eigenvalue weighted by Crippen LogP contribution is -2.30. The molecule has 0 heterocycles. The third kappa shape index (κ3) is 5.26. The number of hydrogen-bond acceptors (Lipinski definition) is 4. The van der Waals surface area contributed by atoms with Gasteiger partial charge in [-0.2, -0.15) is 9.57 Å². The van der Waals surface area contributed by atoms with Crippen molar-refractivity contribution >= 4 is 10.0 Å². The quantitative estimate of drug-likeness (QED) is 0.510. The zero-order valence-corrected chi connectivity index (χ0v) is 17.6. The van der Waals surface area contributed by atoms with Gasteiger partial charge in [0, 0.05) is 18.7 Å². The maximum absolute atomic E-state index is 14.2. The molecule has 0 bridgehead atoms. The third-order valence-electron chi connectivity index (χ3n) is 4.59. The molecule has 0 fully saturated rings. The molecule has 0 atom stereocenters. The normalized spacial score (nSPS) is 11.3. The van der Waals surface area contributed by atoms with Crippen LogP contribution in [-0.2, 0) is 23.1 Å². The lowest BCUT2D eigenvalue weighted by molar-refractivity contribution is 0.340. The molecule has 8 heteroatoms. The fraction of sp³-hybridized carbons (Fsp3) is 0.174. The van der Waals surface area contributed by atoms with E-state index in [-0.39, 0.29) is 29.1 Å². The van der Waals surface area contributed by atoms with Crippen molar-refractivity contribution in [2.75, 3.05) is 6.61 Å². The number of nitrogens with zero attached hydrogens (tertiary/aromatic N) is 2. The van der Waals surface area contributed by atoms with Gasteiger partial charge in [-0.15, -0.1) is 0 Å². The minimum atomic E-state index is -4.05. The van der Waals surface area contributed by atoms with Crippen molar-refractivity contribution in [2.24, 2.45) is 0 Å². The molecule has 160 valence electrons. The Morgan fingerprint density at radius 3 is 2.29 bits per heavy atom. The molecule has 0 aliphatic heterocycles. The zero-order valence-electron chi connectivity index (χ0n) is 16.8. The summed E-state index contributed by atoms with van der Waals surface area (Å²) in [6, 6.07) is 17.4. The predicted molar refractivity (Wildman–Crippen MR) is 112 cm³/mol. The molecule has 5 nitrogen and oxygen atoms in total. The van der Waals surface area contributed by atoms with Crippen LogP contribution in [0.15, 0.2) is 71.6 Å². The molecule has 0 amide bonds. The SMILES string of the molecule is CCOc1ccc(S(=O)(=O)N(Cc2ccc(C#N)c(F)c2)Cc2ccccc2F)cc1. The van der Waals surface area contributed by atoms with Crippen molar-refractivity contribution in [1.82, 2.24) is 4.31 Å². The van der Waals surface area contributed by atoms with Gasteiger partial charge < -0.3 is 4.74 Å². The number of benzene rings is 3. The van der Waals surface area contributed by atoms with Gasteiger partial charge >= 0.3 is 0 Å². The van der Waals surface area contributed by atoms with E-state index in [4.69, 9.17) is 10.00 Å². The van der Waals surface area contributed by atoms with Crippen molar-refractivity contribution in [3.8, 4) is 11.8 Å². The van der Waals surface area contributed by atoms with Crippen LogP contribution in [0.2, 0.25) is 0 Å². The topological polar surface area (TPSA) is 70.4 Å². The van der Waals surface area contributed by atoms with E-state index in [0.29, 0.717) is 17.9 Å². The maximum Gasteiger partial charge on any atom is 0.243 e. The van der Waals surface area contributed by atoms with Crippen LogP contribution in [0.1, 0.15) is 23.6 Å². The Morgan fingerprint density at radius 1 is 0.968 bits per heavy atom. The summed E-state index contributed by atoms with van der Waals surface area (Å²) in [6.45, 7) is 1.81. The summed E-state index contributed by atoms with van der Waals surface area (Å²) >= 11 is 0. The van der Waals surface area contributed by atoms with Crippen LogP contribution >= 0.6 is 0 Å². The number of ether oxygens (including phenoxy) is 1. The molecule has 3 aromatic rings. The van der Waals surface area contributed by atoms with Gasteiger partial charge in [-0.1, -0.05) is 24.3 Å². The molecule has 0 radical (unpaired) electrons. The van der Waals surface area contributed by atoms with Crippen LogP contribution in [0.3, 0.4) is 0 Å². The Hall–Kier alpha value is -3.28. The van der Waals surface area contributed by atoms with Crippen molar-refractivity contribution in [1.29, 1.82) is 5.26 Å². The van der Waals surface area contributed by atoms with Gasteiger partial charge in [-0.3, -0.25) is 0 Å². The molecule has 3 aromatic carbocycles. The first-order valence-electron chi connectivity index (χ1n) is 9.50. The van der Waals surface area contributed by atoms with E-state index < -0.39 is 21.7 Å². The summed E-state index contributed by atoms with van der Waals surface area (Å²) in [5.74, 6) is -0.763. The standard InChI is InChI=1S/C23H20F2N2O3S/c1-2-30-20-9-11-21(12-10-20)31(28,29)27(16-19-5-3-4-6-22(19)24)15-17-7-8-18(14-26)23(25)13-17/h3-13H,2,15-16H2,1H3. The highest BCUT2D eigenvalue weighted by Gasteiger charge is 2.26. The van der Waals surface area contributed by atoms with Gasteiger partial charge in [0.15, 0.2) is 0 Å². The van der Waals surface area contributed by atoms with E-state index in [1.807, 2.05) is 6.92 Å². The summed E-state index contributed by atoms with van der Waals surface area (Å²) in [6.07, 6.45) is 0. The van der Waals surface area contributed by atoms with Gasteiger partial charge in [0.25, 0.3) is 0 Å². The van der Waals surface area contributed by atoms with Crippen molar-refractivity contribution in [3.63, 3.8) is 0 Å². The fourth-order valence-corrected chi connectivity index (χ4v) is 4.42. The van der Waals surface area contributed by atoms with Crippen molar-refractivity contribution in [3.05, 3.63) is 95.1 Å². The highest BCUT2D eigenvalue weighted by atomic mass is 32.2. The molecule has 0 aromatic heterocycles. The van der Waals surface area contributed by atoms with Gasteiger partial charge in [-0.25, -0.2) is 17.2 Å². The van der Waals surface area contributed by atoms with Crippen LogP contribution < -0.4 is 4.74 Å². The van der Waals surface area contributed by atoms with E-state index in [0.717, 1.165) is 10.4 Å².